The summed E-state index contributed by atoms with van der Waals surface area (Å²) >= 11 is 0. The third-order valence-corrected chi connectivity index (χ3v) is 0.667. The van der Waals surface area contributed by atoms with Crippen molar-refractivity contribution in [1.29, 1.82) is 0 Å². The Bertz CT molecular complexity index is 80.5. The molecule has 0 spiro atoms. The number of rotatable bonds is 0. The van der Waals surface area contributed by atoms with Crippen LogP contribution in [-0.2, 0) is 0 Å². The van der Waals surface area contributed by atoms with Gasteiger partial charge in [0.15, 0.2) is 0 Å². The predicted molar refractivity (Wildman–Crippen MR) is 42.2 cm³/mol. The SMILES string of the molecule is Cl.[SnH2].c1ccccc1. The molecule has 44 valence electrons. The van der Waals surface area contributed by atoms with Gasteiger partial charge in [0.05, 0.1) is 0 Å². The van der Waals surface area contributed by atoms with Crippen LogP contribution in [-0.4, -0.2) is 23.9 Å². The molecule has 0 aliphatic carbocycles. The molecule has 2 radical (unpaired) electrons. The minimum atomic E-state index is 0. The first-order valence-corrected chi connectivity index (χ1v) is 2.00. The first kappa shape index (κ1) is 11.2. The topological polar surface area (TPSA) is 0 Å². The Morgan fingerprint density at radius 1 is 0.500 bits per heavy atom. The van der Waals surface area contributed by atoms with E-state index in [0.29, 0.717) is 0 Å². The Morgan fingerprint density at radius 2 is 0.625 bits per heavy atom. The number of halogens is 1. The van der Waals surface area contributed by atoms with Crippen molar-refractivity contribution in [3.63, 3.8) is 0 Å². The van der Waals surface area contributed by atoms with Crippen LogP contribution in [0.2, 0.25) is 0 Å². The van der Waals surface area contributed by atoms with E-state index in [4.69, 9.17) is 0 Å². The normalized spacial score (nSPS) is 6.00. The van der Waals surface area contributed by atoms with Crippen molar-refractivity contribution in [1.82, 2.24) is 0 Å². The van der Waals surface area contributed by atoms with Gasteiger partial charge in [-0.25, -0.2) is 0 Å². The molecule has 0 N–H and O–H groups in total. The maximum atomic E-state index is 2.00. The Labute approximate surface area is 72.7 Å². The third-order valence-electron chi connectivity index (χ3n) is 0.667. The van der Waals surface area contributed by atoms with Gasteiger partial charge in [-0.2, -0.15) is 0 Å². The summed E-state index contributed by atoms with van der Waals surface area (Å²) in [6, 6.07) is 12.0. The van der Waals surface area contributed by atoms with Gasteiger partial charge < -0.3 is 0 Å². The summed E-state index contributed by atoms with van der Waals surface area (Å²) in [5.41, 5.74) is 0. The van der Waals surface area contributed by atoms with E-state index in [2.05, 4.69) is 0 Å². The average molecular weight is 235 g/mol. The average Bonchev–Trinajstić information content (AvgIpc) is 1.72. The summed E-state index contributed by atoms with van der Waals surface area (Å²) in [7, 11) is 0. The minimum Gasteiger partial charge on any atom is -0.0623 e. The summed E-state index contributed by atoms with van der Waals surface area (Å²) < 4.78 is 0. The van der Waals surface area contributed by atoms with Gasteiger partial charge in [-0.15, -0.1) is 12.4 Å². The molecule has 0 unspecified atom stereocenters. The zero-order chi connectivity index (χ0) is 4.24. The fourth-order valence-electron chi connectivity index (χ4n) is 0.385. The molecule has 1 aromatic rings. The second-order valence-electron chi connectivity index (χ2n) is 1.15. The molecule has 0 aliphatic rings. The molecule has 1 rings (SSSR count). The standard InChI is InChI=1S/C6H6.ClH.Sn.2H/c1-2-4-6-5-3-1;;;;/h1-6H;1H;;;. The van der Waals surface area contributed by atoms with Gasteiger partial charge in [0, 0.05) is 0 Å². The van der Waals surface area contributed by atoms with Gasteiger partial charge in [0.25, 0.3) is 0 Å². The van der Waals surface area contributed by atoms with Gasteiger partial charge >= 0.3 is 23.9 Å². The molecule has 0 fully saturated rings. The second-order valence-corrected chi connectivity index (χ2v) is 1.15. The van der Waals surface area contributed by atoms with Crippen LogP contribution in [0.1, 0.15) is 0 Å². The van der Waals surface area contributed by atoms with Crippen LogP contribution in [0.4, 0.5) is 0 Å². The monoisotopic (exact) mass is 236 g/mol. The number of benzene rings is 1. The van der Waals surface area contributed by atoms with E-state index in [9.17, 15) is 0 Å². The molecule has 0 bridgehead atoms. The van der Waals surface area contributed by atoms with Gasteiger partial charge in [0.2, 0.25) is 0 Å². The van der Waals surface area contributed by atoms with Gasteiger partial charge in [-0.3, -0.25) is 0 Å². The maximum absolute atomic E-state index is 2.00. The van der Waals surface area contributed by atoms with Crippen molar-refractivity contribution >= 4 is 36.3 Å². The fourth-order valence-corrected chi connectivity index (χ4v) is 0.385. The largest absolute Gasteiger partial charge is 0.0623 e. The van der Waals surface area contributed by atoms with Crippen molar-refractivity contribution in [3.05, 3.63) is 36.4 Å². The molecule has 0 aromatic heterocycles. The van der Waals surface area contributed by atoms with Gasteiger partial charge in [-0.05, 0) is 0 Å². The fraction of sp³-hybridized carbons (Fsp3) is 0. The van der Waals surface area contributed by atoms with Gasteiger partial charge in [-0.1, -0.05) is 36.4 Å². The summed E-state index contributed by atoms with van der Waals surface area (Å²) in [6.45, 7) is 0. The number of hydrogen-bond acceptors (Lipinski definition) is 0. The second kappa shape index (κ2) is 7.31. The quantitative estimate of drug-likeness (QED) is 0.593. The first-order chi connectivity index (χ1) is 3.00. The Hall–Kier alpha value is 0.309. The van der Waals surface area contributed by atoms with Crippen LogP contribution in [0.5, 0.6) is 0 Å². The molecule has 0 aliphatic heterocycles. The molecule has 2 heteroatoms. The maximum Gasteiger partial charge on any atom is -0.0623 e. The van der Waals surface area contributed by atoms with E-state index in [0.717, 1.165) is 0 Å². The van der Waals surface area contributed by atoms with E-state index in [1.165, 1.54) is 0 Å². The van der Waals surface area contributed by atoms with Crippen molar-refractivity contribution in [2.45, 2.75) is 0 Å². The van der Waals surface area contributed by atoms with E-state index in [-0.39, 0.29) is 36.3 Å². The van der Waals surface area contributed by atoms with Gasteiger partial charge in [0.1, 0.15) is 0 Å². The molecular weight excluding hydrogens is 226 g/mol. The van der Waals surface area contributed by atoms with Crippen LogP contribution in [0.15, 0.2) is 36.4 Å². The predicted octanol–water partition coefficient (Wildman–Crippen LogP) is 1.19. The molecule has 0 atom stereocenters. The molecule has 0 nitrogen and oxygen atoms in total. The molecule has 0 amide bonds. The zero-order valence-corrected chi connectivity index (χ0v) is 9.43. The zero-order valence-electron chi connectivity index (χ0n) is 4.58. The molecule has 0 saturated heterocycles. The Balaban J connectivity index is 0. The van der Waals surface area contributed by atoms with Crippen molar-refractivity contribution in [2.24, 2.45) is 0 Å². The summed E-state index contributed by atoms with van der Waals surface area (Å²) in [5.74, 6) is 0. The smallest absolute Gasteiger partial charge is 0.0623 e. The first-order valence-electron chi connectivity index (χ1n) is 2.00. The Kier molecular flexibility index (Phi) is 10.2. The minimum absolute atomic E-state index is 0. The van der Waals surface area contributed by atoms with E-state index in [1.807, 2.05) is 36.4 Å². The van der Waals surface area contributed by atoms with Crippen LogP contribution in [0, 0.1) is 0 Å². The molecule has 0 saturated carbocycles. The van der Waals surface area contributed by atoms with Crippen molar-refractivity contribution in [3.8, 4) is 0 Å². The Morgan fingerprint density at radius 3 is 0.750 bits per heavy atom. The molecule has 0 heterocycles. The third kappa shape index (κ3) is 4.47. The van der Waals surface area contributed by atoms with Crippen LogP contribution < -0.4 is 0 Å². The van der Waals surface area contributed by atoms with Crippen LogP contribution in [0.25, 0.3) is 0 Å². The van der Waals surface area contributed by atoms with E-state index in [1.54, 1.807) is 0 Å². The summed E-state index contributed by atoms with van der Waals surface area (Å²) in [5, 5.41) is 0. The molecule has 8 heavy (non-hydrogen) atoms. The van der Waals surface area contributed by atoms with Crippen molar-refractivity contribution < 1.29 is 0 Å². The van der Waals surface area contributed by atoms with E-state index >= 15 is 0 Å². The van der Waals surface area contributed by atoms with E-state index < -0.39 is 0 Å². The van der Waals surface area contributed by atoms with Crippen molar-refractivity contribution in [2.75, 3.05) is 0 Å². The van der Waals surface area contributed by atoms with Crippen LogP contribution >= 0.6 is 12.4 Å². The number of hydrogen-bond donors (Lipinski definition) is 0. The summed E-state index contributed by atoms with van der Waals surface area (Å²) in [6.07, 6.45) is 0. The molecular formula is C6H9ClSn. The molecule has 1 aromatic carbocycles. The summed E-state index contributed by atoms with van der Waals surface area (Å²) in [4.78, 5) is 0. The van der Waals surface area contributed by atoms with Crippen LogP contribution in [0.3, 0.4) is 0 Å².